The fourth-order valence-electron chi connectivity index (χ4n) is 2.23. The predicted molar refractivity (Wildman–Crippen MR) is 92.4 cm³/mol. The molecule has 0 radical (unpaired) electrons. The molecule has 0 fully saturated rings. The van der Waals surface area contributed by atoms with Crippen molar-refractivity contribution in [2.45, 2.75) is 18.4 Å². The van der Waals surface area contributed by atoms with Crippen molar-refractivity contribution in [2.24, 2.45) is 0 Å². The van der Waals surface area contributed by atoms with Gasteiger partial charge in [0.2, 0.25) is 0 Å². The maximum absolute atomic E-state index is 9.49. The molecule has 0 aliphatic heterocycles. The number of nitrogens with zero attached hydrogens (tertiary/aromatic N) is 2. The van der Waals surface area contributed by atoms with Crippen molar-refractivity contribution in [1.82, 2.24) is 9.78 Å². The van der Waals surface area contributed by atoms with Crippen LogP contribution in [0, 0.1) is 0 Å². The van der Waals surface area contributed by atoms with Crippen LogP contribution >= 0.6 is 11.8 Å². The van der Waals surface area contributed by atoms with Crippen molar-refractivity contribution in [2.75, 3.05) is 5.75 Å². The van der Waals surface area contributed by atoms with Gasteiger partial charge in [0.05, 0.1) is 18.1 Å². The molecule has 0 aliphatic carbocycles. The minimum Gasteiger partial charge on any atom is -0.505 e. The Kier molecular flexibility index (Phi) is 4.88. The molecule has 3 aromatic rings. The van der Waals surface area contributed by atoms with Crippen LogP contribution in [0.4, 0.5) is 0 Å². The zero-order valence-corrected chi connectivity index (χ0v) is 13.7. The second-order valence-electron chi connectivity index (χ2n) is 4.98. The van der Waals surface area contributed by atoms with Crippen molar-refractivity contribution in [3.8, 4) is 17.2 Å². The van der Waals surface area contributed by atoms with Crippen LogP contribution in [0.2, 0.25) is 0 Å². The summed E-state index contributed by atoms with van der Waals surface area (Å²) in [5, 5.41) is 13.6. The van der Waals surface area contributed by atoms with Gasteiger partial charge in [-0.15, -0.1) is 11.8 Å². The van der Waals surface area contributed by atoms with Gasteiger partial charge in [0.1, 0.15) is 12.4 Å². The molecule has 0 bridgehead atoms. The molecule has 3 rings (SSSR count). The van der Waals surface area contributed by atoms with Gasteiger partial charge in [-0.05, 0) is 29.5 Å². The average molecular weight is 326 g/mol. The number of thioether (sulfide) groups is 1. The van der Waals surface area contributed by atoms with Crippen LogP contribution in [0.15, 0.2) is 65.8 Å². The van der Waals surface area contributed by atoms with Crippen LogP contribution in [0.25, 0.3) is 5.69 Å². The molecule has 0 saturated heterocycles. The molecule has 0 aliphatic rings. The first kappa shape index (κ1) is 15.5. The fourth-order valence-corrected chi connectivity index (χ4v) is 3.05. The zero-order chi connectivity index (χ0) is 16.1. The highest BCUT2D eigenvalue weighted by Gasteiger charge is 2.09. The number of aromatic hydroxyl groups is 1. The number of benzene rings is 2. The summed E-state index contributed by atoms with van der Waals surface area (Å²) in [6.07, 6.45) is 3.03. The van der Waals surface area contributed by atoms with E-state index in [1.165, 1.54) is 6.20 Å². The summed E-state index contributed by atoms with van der Waals surface area (Å²) in [5.74, 6) is 1.93. The molecule has 0 atom stereocenters. The SMILES string of the molecule is CCSc1cc(OCc2ccccc2)ccc1-n1cc(O)cn1. The molecule has 2 aromatic carbocycles. The van der Waals surface area contributed by atoms with Crippen LogP contribution in [-0.4, -0.2) is 20.6 Å². The Morgan fingerprint density at radius 1 is 1.17 bits per heavy atom. The quantitative estimate of drug-likeness (QED) is 0.687. The number of rotatable bonds is 6. The first-order chi connectivity index (χ1) is 11.3. The Labute approximate surface area is 139 Å². The topological polar surface area (TPSA) is 47.3 Å². The van der Waals surface area contributed by atoms with Crippen LogP contribution < -0.4 is 4.74 Å². The van der Waals surface area contributed by atoms with Gasteiger partial charge in [0.15, 0.2) is 5.75 Å². The monoisotopic (exact) mass is 326 g/mol. The second kappa shape index (κ2) is 7.24. The lowest BCUT2D eigenvalue weighted by Gasteiger charge is -2.12. The molecule has 4 nitrogen and oxygen atoms in total. The van der Waals surface area contributed by atoms with Gasteiger partial charge in [-0.2, -0.15) is 5.10 Å². The van der Waals surface area contributed by atoms with Crippen LogP contribution in [-0.2, 0) is 6.61 Å². The molecule has 5 heteroatoms. The predicted octanol–water partition coefficient (Wildman–Crippen LogP) is 4.27. The highest BCUT2D eigenvalue weighted by atomic mass is 32.2. The van der Waals surface area contributed by atoms with E-state index < -0.39 is 0 Å². The third-order valence-corrected chi connectivity index (χ3v) is 4.22. The normalized spacial score (nSPS) is 10.7. The van der Waals surface area contributed by atoms with E-state index in [4.69, 9.17) is 4.74 Å². The van der Waals surface area contributed by atoms with E-state index in [9.17, 15) is 5.11 Å². The first-order valence-electron chi connectivity index (χ1n) is 7.44. The van der Waals surface area contributed by atoms with Gasteiger partial charge in [-0.3, -0.25) is 0 Å². The minimum atomic E-state index is 0.154. The summed E-state index contributed by atoms with van der Waals surface area (Å²) >= 11 is 1.72. The van der Waals surface area contributed by atoms with E-state index in [1.54, 1.807) is 22.6 Å². The Hall–Kier alpha value is -2.40. The second-order valence-corrected chi connectivity index (χ2v) is 6.29. The Morgan fingerprint density at radius 2 is 2.00 bits per heavy atom. The summed E-state index contributed by atoms with van der Waals surface area (Å²) in [5.41, 5.74) is 2.07. The standard InChI is InChI=1S/C18H18N2O2S/c1-2-23-18-10-16(22-13-14-6-4-3-5-7-14)8-9-17(18)20-12-15(21)11-19-20/h3-12,21H,2,13H2,1H3. The van der Waals surface area contributed by atoms with E-state index in [1.807, 2.05) is 48.5 Å². The maximum Gasteiger partial charge on any atom is 0.153 e. The summed E-state index contributed by atoms with van der Waals surface area (Å²) < 4.78 is 7.56. The van der Waals surface area contributed by atoms with Gasteiger partial charge < -0.3 is 9.84 Å². The van der Waals surface area contributed by atoms with Gasteiger partial charge in [0.25, 0.3) is 0 Å². The molecule has 1 heterocycles. The smallest absolute Gasteiger partial charge is 0.153 e. The molecule has 0 saturated carbocycles. The van der Waals surface area contributed by atoms with Gasteiger partial charge in [-0.25, -0.2) is 4.68 Å². The first-order valence-corrected chi connectivity index (χ1v) is 8.42. The third-order valence-electron chi connectivity index (χ3n) is 3.30. The number of hydrogen-bond donors (Lipinski definition) is 1. The molecule has 1 N–H and O–H groups in total. The van der Waals surface area contributed by atoms with E-state index in [-0.39, 0.29) is 5.75 Å². The Balaban J connectivity index is 1.81. The van der Waals surface area contributed by atoms with Gasteiger partial charge in [0, 0.05) is 4.90 Å². The highest BCUT2D eigenvalue weighted by molar-refractivity contribution is 7.99. The third kappa shape index (κ3) is 3.87. The van der Waals surface area contributed by atoms with Crippen molar-refractivity contribution < 1.29 is 9.84 Å². The largest absolute Gasteiger partial charge is 0.505 e. The van der Waals surface area contributed by atoms with Crippen molar-refractivity contribution in [1.29, 1.82) is 0 Å². The van der Waals surface area contributed by atoms with Gasteiger partial charge >= 0.3 is 0 Å². The summed E-state index contributed by atoms with van der Waals surface area (Å²) in [6.45, 7) is 2.64. The molecule has 1 aromatic heterocycles. The summed E-state index contributed by atoms with van der Waals surface area (Å²) in [6, 6.07) is 16.0. The summed E-state index contributed by atoms with van der Waals surface area (Å²) in [7, 11) is 0. The molecule has 23 heavy (non-hydrogen) atoms. The van der Waals surface area contributed by atoms with Crippen molar-refractivity contribution >= 4 is 11.8 Å². The number of ether oxygens (including phenoxy) is 1. The van der Waals surface area contributed by atoms with Gasteiger partial charge in [-0.1, -0.05) is 37.3 Å². The van der Waals surface area contributed by atoms with E-state index in [2.05, 4.69) is 12.0 Å². The Morgan fingerprint density at radius 3 is 2.70 bits per heavy atom. The molecular weight excluding hydrogens is 308 g/mol. The minimum absolute atomic E-state index is 0.154. The Bertz CT molecular complexity index is 772. The highest BCUT2D eigenvalue weighted by Crippen LogP contribution is 2.30. The van der Waals surface area contributed by atoms with E-state index in [0.29, 0.717) is 6.61 Å². The zero-order valence-electron chi connectivity index (χ0n) is 12.8. The average Bonchev–Trinajstić information content (AvgIpc) is 3.01. The molecule has 118 valence electrons. The van der Waals surface area contributed by atoms with Crippen LogP contribution in [0.3, 0.4) is 0 Å². The lowest BCUT2D eigenvalue weighted by Crippen LogP contribution is -1.99. The van der Waals surface area contributed by atoms with Crippen molar-refractivity contribution in [3.63, 3.8) is 0 Å². The van der Waals surface area contributed by atoms with Crippen LogP contribution in [0.5, 0.6) is 11.5 Å². The lowest BCUT2D eigenvalue weighted by atomic mass is 10.2. The number of hydrogen-bond acceptors (Lipinski definition) is 4. The number of aromatic nitrogens is 2. The van der Waals surface area contributed by atoms with Crippen LogP contribution in [0.1, 0.15) is 12.5 Å². The van der Waals surface area contributed by atoms with E-state index >= 15 is 0 Å². The molecule has 0 amide bonds. The van der Waals surface area contributed by atoms with Crippen molar-refractivity contribution in [3.05, 3.63) is 66.5 Å². The lowest BCUT2D eigenvalue weighted by molar-refractivity contribution is 0.305. The molecule has 0 unspecified atom stereocenters. The summed E-state index contributed by atoms with van der Waals surface area (Å²) in [4.78, 5) is 1.07. The molecular formula is C18H18N2O2S. The fraction of sp³-hybridized carbons (Fsp3) is 0.167. The van der Waals surface area contributed by atoms with E-state index in [0.717, 1.165) is 27.6 Å². The molecule has 0 spiro atoms. The maximum atomic E-state index is 9.49.